The molecule has 7 nitrogen and oxygen atoms in total. The SMILES string of the molecule is Cc1ccc(COc2ccc(N3C(=O)NC(=O)/C(=C\c4ccc(OCc5ccc(Cl)cc5Cl)cc4)C3=O)cc2)cc1. The Morgan fingerprint density at radius 1 is 0.780 bits per heavy atom. The van der Waals surface area contributed by atoms with E-state index < -0.39 is 17.8 Å². The van der Waals surface area contributed by atoms with Crippen molar-refractivity contribution < 1.29 is 23.9 Å². The normalized spacial score (nSPS) is 14.3. The Kier molecular flexibility index (Phi) is 8.38. The standard InChI is InChI=1S/C32H24Cl2N2O5/c1-20-2-4-22(5-3-20)18-40-27-14-10-25(11-15-27)36-31(38)28(30(37)35-32(36)39)16-21-6-12-26(13-7-21)41-19-23-8-9-24(33)17-29(23)34/h2-17H,18-19H2,1H3,(H,35,37,39)/b28-16+. The van der Waals surface area contributed by atoms with Gasteiger partial charge in [0, 0.05) is 15.6 Å². The number of hydrogen-bond donors (Lipinski definition) is 1. The molecule has 1 aliphatic rings. The van der Waals surface area contributed by atoms with Crippen molar-refractivity contribution in [3.8, 4) is 11.5 Å². The van der Waals surface area contributed by atoms with E-state index in [4.69, 9.17) is 32.7 Å². The van der Waals surface area contributed by atoms with Gasteiger partial charge in [-0.2, -0.15) is 0 Å². The minimum atomic E-state index is -0.824. The van der Waals surface area contributed by atoms with Crippen LogP contribution in [0, 0.1) is 6.92 Å². The van der Waals surface area contributed by atoms with Crippen molar-refractivity contribution in [1.29, 1.82) is 0 Å². The summed E-state index contributed by atoms with van der Waals surface area (Å²) >= 11 is 12.1. The topological polar surface area (TPSA) is 84.9 Å². The Balaban J connectivity index is 1.26. The molecule has 1 N–H and O–H groups in total. The van der Waals surface area contributed by atoms with Gasteiger partial charge in [0.2, 0.25) is 0 Å². The van der Waals surface area contributed by atoms with Gasteiger partial charge >= 0.3 is 6.03 Å². The number of carbonyl (C=O) groups excluding carboxylic acids is 3. The summed E-state index contributed by atoms with van der Waals surface area (Å²) < 4.78 is 11.6. The molecule has 206 valence electrons. The highest BCUT2D eigenvalue weighted by Crippen LogP contribution is 2.26. The number of urea groups is 1. The lowest BCUT2D eigenvalue weighted by molar-refractivity contribution is -0.122. The third kappa shape index (κ3) is 6.77. The van der Waals surface area contributed by atoms with Gasteiger partial charge in [-0.15, -0.1) is 0 Å². The summed E-state index contributed by atoms with van der Waals surface area (Å²) in [5.41, 5.74) is 3.67. The van der Waals surface area contributed by atoms with Crippen molar-refractivity contribution >= 4 is 52.8 Å². The van der Waals surface area contributed by atoms with E-state index in [0.717, 1.165) is 21.6 Å². The second-order valence-electron chi connectivity index (χ2n) is 9.32. The molecular formula is C32H24Cl2N2O5. The van der Waals surface area contributed by atoms with Crippen LogP contribution in [0.3, 0.4) is 0 Å². The van der Waals surface area contributed by atoms with Crippen LogP contribution >= 0.6 is 23.2 Å². The Labute approximate surface area is 246 Å². The highest BCUT2D eigenvalue weighted by atomic mass is 35.5. The van der Waals surface area contributed by atoms with Crippen LogP contribution in [-0.2, 0) is 22.8 Å². The van der Waals surface area contributed by atoms with Gasteiger partial charge in [-0.3, -0.25) is 14.9 Å². The second kappa shape index (κ2) is 12.3. The molecule has 4 amide bonds. The van der Waals surface area contributed by atoms with Gasteiger partial charge in [0.05, 0.1) is 5.69 Å². The van der Waals surface area contributed by atoms with Gasteiger partial charge in [-0.05, 0) is 72.7 Å². The van der Waals surface area contributed by atoms with Crippen molar-refractivity contribution in [2.45, 2.75) is 20.1 Å². The molecule has 0 atom stereocenters. The van der Waals surface area contributed by atoms with Crippen LogP contribution < -0.4 is 19.7 Å². The smallest absolute Gasteiger partial charge is 0.335 e. The van der Waals surface area contributed by atoms with E-state index in [-0.39, 0.29) is 12.2 Å². The lowest BCUT2D eigenvalue weighted by Gasteiger charge is -2.26. The van der Waals surface area contributed by atoms with Crippen LogP contribution in [0.1, 0.15) is 22.3 Å². The van der Waals surface area contributed by atoms with Crippen molar-refractivity contribution in [1.82, 2.24) is 5.32 Å². The van der Waals surface area contributed by atoms with Crippen LogP contribution in [0.15, 0.2) is 96.6 Å². The predicted octanol–water partition coefficient (Wildman–Crippen LogP) is 7.13. The van der Waals surface area contributed by atoms with Gasteiger partial charge in [-0.25, -0.2) is 9.69 Å². The van der Waals surface area contributed by atoms with Crippen LogP contribution in [0.4, 0.5) is 10.5 Å². The maximum Gasteiger partial charge on any atom is 0.335 e. The fourth-order valence-electron chi connectivity index (χ4n) is 4.06. The third-order valence-electron chi connectivity index (χ3n) is 6.32. The second-order valence-corrected chi connectivity index (χ2v) is 10.2. The van der Waals surface area contributed by atoms with Gasteiger partial charge < -0.3 is 9.47 Å². The zero-order chi connectivity index (χ0) is 28.9. The molecule has 1 heterocycles. The number of nitrogens with zero attached hydrogens (tertiary/aromatic N) is 1. The lowest BCUT2D eigenvalue weighted by atomic mass is 10.1. The molecule has 1 saturated heterocycles. The molecule has 0 aromatic heterocycles. The molecule has 4 aromatic rings. The quantitative estimate of drug-likeness (QED) is 0.175. The van der Waals surface area contributed by atoms with Gasteiger partial charge in [0.15, 0.2) is 0 Å². The first kappa shape index (κ1) is 28.0. The fraction of sp³-hybridized carbons (Fsp3) is 0.0938. The minimum absolute atomic E-state index is 0.175. The number of anilines is 1. The summed E-state index contributed by atoms with van der Waals surface area (Å²) in [6.07, 6.45) is 1.43. The molecular weight excluding hydrogens is 563 g/mol. The Morgan fingerprint density at radius 3 is 2.07 bits per heavy atom. The molecule has 0 radical (unpaired) electrons. The zero-order valence-corrected chi connectivity index (χ0v) is 23.4. The molecule has 0 aliphatic carbocycles. The molecule has 0 spiro atoms. The highest BCUT2D eigenvalue weighted by molar-refractivity contribution is 6.39. The fourth-order valence-corrected chi connectivity index (χ4v) is 4.52. The molecule has 5 rings (SSSR count). The van der Waals surface area contributed by atoms with E-state index in [1.165, 1.54) is 6.08 Å². The number of amides is 4. The highest BCUT2D eigenvalue weighted by Gasteiger charge is 2.36. The van der Waals surface area contributed by atoms with E-state index in [9.17, 15) is 14.4 Å². The van der Waals surface area contributed by atoms with Crippen LogP contribution in [0.2, 0.25) is 10.0 Å². The molecule has 4 aromatic carbocycles. The number of halogens is 2. The number of ether oxygens (including phenoxy) is 2. The number of benzene rings is 4. The summed E-state index contributed by atoms with van der Waals surface area (Å²) in [5, 5.41) is 3.28. The number of aryl methyl sites for hydroxylation is 1. The number of carbonyl (C=O) groups is 3. The predicted molar refractivity (Wildman–Crippen MR) is 158 cm³/mol. The van der Waals surface area contributed by atoms with Crippen LogP contribution in [0.5, 0.6) is 11.5 Å². The van der Waals surface area contributed by atoms with E-state index in [1.54, 1.807) is 66.7 Å². The van der Waals surface area contributed by atoms with Crippen molar-refractivity contribution in [3.63, 3.8) is 0 Å². The molecule has 0 unspecified atom stereocenters. The summed E-state index contributed by atoms with van der Waals surface area (Å²) in [6.45, 7) is 2.63. The number of hydrogen-bond acceptors (Lipinski definition) is 5. The Bertz CT molecular complexity index is 1630. The summed E-state index contributed by atoms with van der Waals surface area (Å²) in [4.78, 5) is 39.3. The van der Waals surface area contributed by atoms with E-state index in [2.05, 4.69) is 5.32 Å². The van der Waals surface area contributed by atoms with E-state index in [1.807, 2.05) is 31.2 Å². The number of nitrogens with one attached hydrogen (secondary N) is 1. The first-order valence-corrected chi connectivity index (χ1v) is 13.4. The van der Waals surface area contributed by atoms with Gasteiger partial charge in [0.1, 0.15) is 30.3 Å². The monoisotopic (exact) mass is 586 g/mol. The van der Waals surface area contributed by atoms with E-state index in [0.29, 0.717) is 39.4 Å². The van der Waals surface area contributed by atoms with Crippen LogP contribution in [0.25, 0.3) is 6.08 Å². The van der Waals surface area contributed by atoms with Gasteiger partial charge in [-0.1, -0.05) is 71.2 Å². The molecule has 9 heteroatoms. The maximum absolute atomic E-state index is 13.3. The van der Waals surface area contributed by atoms with Crippen molar-refractivity contribution in [3.05, 3.63) is 129 Å². The average Bonchev–Trinajstić information content (AvgIpc) is 2.96. The van der Waals surface area contributed by atoms with Gasteiger partial charge in [0.25, 0.3) is 11.8 Å². The molecule has 41 heavy (non-hydrogen) atoms. The number of imide groups is 2. The Morgan fingerprint density at radius 2 is 1.41 bits per heavy atom. The zero-order valence-electron chi connectivity index (χ0n) is 21.9. The largest absolute Gasteiger partial charge is 0.489 e. The first-order chi connectivity index (χ1) is 19.8. The average molecular weight is 587 g/mol. The molecule has 0 saturated carbocycles. The minimum Gasteiger partial charge on any atom is -0.489 e. The molecule has 1 fully saturated rings. The third-order valence-corrected chi connectivity index (χ3v) is 6.91. The summed E-state index contributed by atoms with van der Waals surface area (Å²) in [7, 11) is 0. The van der Waals surface area contributed by atoms with Crippen molar-refractivity contribution in [2.75, 3.05) is 4.90 Å². The number of barbiturate groups is 1. The number of rotatable bonds is 8. The molecule has 0 bridgehead atoms. The maximum atomic E-state index is 13.3. The summed E-state index contributed by atoms with van der Waals surface area (Å²) in [5.74, 6) is -0.359. The van der Waals surface area contributed by atoms with Crippen molar-refractivity contribution in [2.24, 2.45) is 0 Å². The lowest BCUT2D eigenvalue weighted by Crippen LogP contribution is -2.54. The summed E-state index contributed by atoms with van der Waals surface area (Å²) in [6, 6.07) is 25.7. The first-order valence-electron chi connectivity index (χ1n) is 12.6. The Hall–Kier alpha value is -4.59. The molecule has 1 aliphatic heterocycles. The van der Waals surface area contributed by atoms with Crippen LogP contribution in [-0.4, -0.2) is 17.8 Å². The van der Waals surface area contributed by atoms with E-state index >= 15 is 0 Å².